The van der Waals surface area contributed by atoms with Gasteiger partial charge in [0.25, 0.3) is 0 Å². The number of hydrogen-bond acceptors (Lipinski definition) is 3. The summed E-state index contributed by atoms with van der Waals surface area (Å²) in [5.41, 5.74) is 3.56. The average molecular weight is 245 g/mol. The summed E-state index contributed by atoms with van der Waals surface area (Å²) in [6.45, 7) is 1.57. The zero-order valence-electron chi connectivity index (χ0n) is 10.9. The summed E-state index contributed by atoms with van der Waals surface area (Å²) < 4.78 is 6.99. The van der Waals surface area contributed by atoms with Crippen molar-refractivity contribution in [2.45, 2.75) is 13.0 Å². The summed E-state index contributed by atoms with van der Waals surface area (Å²) in [4.78, 5) is 0. The molecule has 1 heterocycles. The standard InChI is InChI=1S/C14H19N3O/c1-17-14(8-10-16-17)7-9-15-13-5-3-12(4-6-13)11-18-2/h3-6,8,10,15H,7,9,11H2,1-2H3. The first-order valence-corrected chi connectivity index (χ1v) is 6.08. The molecule has 2 rings (SSSR count). The molecule has 4 heteroatoms. The fourth-order valence-corrected chi connectivity index (χ4v) is 1.87. The van der Waals surface area contributed by atoms with Gasteiger partial charge in [0.05, 0.1) is 6.61 Å². The Hall–Kier alpha value is -1.81. The quantitative estimate of drug-likeness (QED) is 0.848. The first-order chi connectivity index (χ1) is 8.79. The second kappa shape index (κ2) is 6.21. The number of rotatable bonds is 6. The van der Waals surface area contributed by atoms with Crippen molar-refractivity contribution in [2.75, 3.05) is 19.0 Å². The van der Waals surface area contributed by atoms with Crippen molar-refractivity contribution in [2.24, 2.45) is 7.05 Å². The average Bonchev–Trinajstić information content (AvgIpc) is 2.78. The predicted octanol–water partition coefficient (Wildman–Crippen LogP) is 2.22. The molecule has 0 saturated heterocycles. The van der Waals surface area contributed by atoms with E-state index in [1.807, 2.05) is 24.0 Å². The van der Waals surface area contributed by atoms with E-state index in [0.29, 0.717) is 6.61 Å². The number of ether oxygens (including phenoxy) is 1. The second-order valence-electron chi connectivity index (χ2n) is 4.25. The molecule has 1 aromatic carbocycles. The molecule has 0 unspecified atom stereocenters. The van der Waals surface area contributed by atoms with Crippen molar-refractivity contribution in [3.05, 3.63) is 47.8 Å². The molecule has 0 spiro atoms. The summed E-state index contributed by atoms with van der Waals surface area (Å²) in [7, 11) is 3.68. The third kappa shape index (κ3) is 3.34. The van der Waals surface area contributed by atoms with Crippen LogP contribution in [0.15, 0.2) is 36.5 Å². The van der Waals surface area contributed by atoms with Crippen LogP contribution in [0, 0.1) is 0 Å². The molecule has 0 saturated carbocycles. The summed E-state index contributed by atoms with van der Waals surface area (Å²) in [6.07, 6.45) is 2.80. The molecule has 1 aromatic heterocycles. The van der Waals surface area contributed by atoms with Crippen molar-refractivity contribution < 1.29 is 4.74 Å². The topological polar surface area (TPSA) is 39.1 Å². The highest BCUT2D eigenvalue weighted by Gasteiger charge is 1.98. The first kappa shape index (κ1) is 12.6. The van der Waals surface area contributed by atoms with Crippen LogP contribution < -0.4 is 5.32 Å². The van der Waals surface area contributed by atoms with E-state index >= 15 is 0 Å². The lowest BCUT2D eigenvalue weighted by molar-refractivity contribution is 0.185. The van der Waals surface area contributed by atoms with Gasteiger partial charge in [0.15, 0.2) is 0 Å². The Labute approximate surface area is 108 Å². The van der Waals surface area contributed by atoms with Crippen molar-refractivity contribution >= 4 is 5.69 Å². The summed E-state index contributed by atoms with van der Waals surface area (Å²) >= 11 is 0. The van der Waals surface area contributed by atoms with E-state index in [1.54, 1.807) is 7.11 Å². The fraction of sp³-hybridized carbons (Fsp3) is 0.357. The van der Waals surface area contributed by atoms with Crippen LogP contribution >= 0.6 is 0 Å². The van der Waals surface area contributed by atoms with E-state index in [1.165, 1.54) is 11.3 Å². The maximum atomic E-state index is 5.08. The van der Waals surface area contributed by atoms with Crippen molar-refractivity contribution in [3.8, 4) is 0 Å². The van der Waals surface area contributed by atoms with Gasteiger partial charge in [-0.25, -0.2) is 0 Å². The fourth-order valence-electron chi connectivity index (χ4n) is 1.87. The summed E-state index contributed by atoms with van der Waals surface area (Å²) in [5.74, 6) is 0. The van der Waals surface area contributed by atoms with Gasteiger partial charge < -0.3 is 10.1 Å². The van der Waals surface area contributed by atoms with Crippen molar-refractivity contribution in [1.82, 2.24) is 9.78 Å². The Kier molecular flexibility index (Phi) is 4.36. The molecule has 0 aliphatic rings. The van der Waals surface area contributed by atoms with Crippen LogP contribution in [0.25, 0.3) is 0 Å². The molecule has 0 bridgehead atoms. The highest BCUT2D eigenvalue weighted by Crippen LogP contribution is 2.10. The monoisotopic (exact) mass is 245 g/mol. The van der Waals surface area contributed by atoms with Crippen molar-refractivity contribution in [1.29, 1.82) is 0 Å². The molecule has 4 nitrogen and oxygen atoms in total. The van der Waals surface area contributed by atoms with Gasteiger partial charge in [0, 0.05) is 44.7 Å². The smallest absolute Gasteiger partial charge is 0.0713 e. The molecule has 18 heavy (non-hydrogen) atoms. The molecular weight excluding hydrogens is 226 g/mol. The molecule has 1 N–H and O–H groups in total. The lowest BCUT2D eigenvalue weighted by Gasteiger charge is -2.07. The number of aryl methyl sites for hydroxylation is 1. The molecule has 0 atom stereocenters. The predicted molar refractivity (Wildman–Crippen MR) is 72.6 cm³/mol. The Balaban J connectivity index is 1.81. The third-order valence-electron chi connectivity index (χ3n) is 2.90. The van der Waals surface area contributed by atoms with E-state index in [2.05, 4.69) is 34.7 Å². The zero-order chi connectivity index (χ0) is 12.8. The number of anilines is 1. The molecule has 2 aromatic rings. The van der Waals surface area contributed by atoms with Gasteiger partial charge in [-0.15, -0.1) is 0 Å². The van der Waals surface area contributed by atoms with Gasteiger partial charge in [-0.05, 0) is 23.8 Å². The van der Waals surface area contributed by atoms with E-state index in [-0.39, 0.29) is 0 Å². The second-order valence-corrected chi connectivity index (χ2v) is 4.25. The number of aromatic nitrogens is 2. The number of nitrogens with zero attached hydrogens (tertiary/aromatic N) is 2. The zero-order valence-corrected chi connectivity index (χ0v) is 10.9. The Morgan fingerprint density at radius 1 is 1.22 bits per heavy atom. The summed E-state index contributed by atoms with van der Waals surface area (Å²) in [6, 6.07) is 10.4. The maximum absolute atomic E-state index is 5.08. The van der Waals surface area contributed by atoms with Crippen LogP contribution in [0.2, 0.25) is 0 Å². The van der Waals surface area contributed by atoms with Gasteiger partial charge in [-0.3, -0.25) is 4.68 Å². The van der Waals surface area contributed by atoms with Crippen LogP contribution in [0.5, 0.6) is 0 Å². The van der Waals surface area contributed by atoms with E-state index in [0.717, 1.165) is 18.7 Å². The molecule has 0 aliphatic heterocycles. The molecule has 0 fully saturated rings. The van der Waals surface area contributed by atoms with Crippen LogP contribution in [0.3, 0.4) is 0 Å². The number of nitrogens with one attached hydrogen (secondary N) is 1. The molecule has 0 radical (unpaired) electrons. The highest BCUT2D eigenvalue weighted by molar-refractivity contribution is 5.44. The largest absolute Gasteiger partial charge is 0.385 e. The number of benzene rings is 1. The first-order valence-electron chi connectivity index (χ1n) is 6.08. The summed E-state index contributed by atoms with van der Waals surface area (Å²) in [5, 5.41) is 7.55. The number of hydrogen-bond donors (Lipinski definition) is 1. The normalized spacial score (nSPS) is 10.6. The van der Waals surface area contributed by atoms with Gasteiger partial charge in [-0.1, -0.05) is 12.1 Å². The SMILES string of the molecule is COCc1ccc(NCCc2ccnn2C)cc1. The Morgan fingerprint density at radius 3 is 2.61 bits per heavy atom. The van der Waals surface area contributed by atoms with Crippen LogP contribution in [-0.2, 0) is 24.8 Å². The third-order valence-corrected chi connectivity index (χ3v) is 2.90. The maximum Gasteiger partial charge on any atom is 0.0713 e. The van der Waals surface area contributed by atoms with Gasteiger partial charge in [0.2, 0.25) is 0 Å². The van der Waals surface area contributed by atoms with Gasteiger partial charge in [-0.2, -0.15) is 5.10 Å². The van der Waals surface area contributed by atoms with E-state index in [9.17, 15) is 0 Å². The van der Waals surface area contributed by atoms with Gasteiger partial charge >= 0.3 is 0 Å². The van der Waals surface area contributed by atoms with E-state index in [4.69, 9.17) is 4.74 Å². The van der Waals surface area contributed by atoms with Crippen LogP contribution in [-0.4, -0.2) is 23.4 Å². The Morgan fingerprint density at radius 2 is 2.00 bits per heavy atom. The lowest BCUT2D eigenvalue weighted by atomic mass is 10.2. The van der Waals surface area contributed by atoms with Gasteiger partial charge in [0.1, 0.15) is 0 Å². The van der Waals surface area contributed by atoms with Crippen molar-refractivity contribution in [3.63, 3.8) is 0 Å². The molecule has 96 valence electrons. The minimum atomic E-state index is 0.662. The Bertz CT molecular complexity index is 476. The van der Waals surface area contributed by atoms with E-state index < -0.39 is 0 Å². The molecule has 0 aliphatic carbocycles. The minimum Gasteiger partial charge on any atom is -0.385 e. The molecule has 0 amide bonds. The van der Waals surface area contributed by atoms with Crippen LogP contribution in [0.1, 0.15) is 11.3 Å². The molecular formula is C14H19N3O. The highest BCUT2D eigenvalue weighted by atomic mass is 16.5. The lowest BCUT2D eigenvalue weighted by Crippen LogP contribution is -2.08. The number of methoxy groups -OCH3 is 1. The van der Waals surface area contributed by atoms with Crippen LogP contribution in [0.4, 0.5) is 5.69 Å². The minimum absolute atomic E-state index is 0.662.